The van der Waals surface area contributed by atoms with E-state index in [4.69, 9.17) is 9.47 Å². The number of benzene rings is 3. The summed E-state index contributed by atoms with van der Waals surface area (Å²) in [5.41, 5.74) is 5.29. The second-order valence-corrected chi connectivity index (χ2v) is 7.47. The van der Waals surface area contributed by atoms with Crippen molar-refractivity contribution < 1.29 is 14.3 Å². The Kier molecular flexibility index (Phi) is 6.22. The van der Waals surface area contributed by atoms with Crippen molar-refractivity contribution in [3.63, 3.8) is 0 Å². The zero-order valence-corrected chi connectivity index (χ0v) is 18.3. The molecule has 0 bridgehead atoms. The average Bonchev–Trinajstić information content (AvgIpc) is 3.20. The Labute approximate surface area is 186 Å². The number of aryl methyl sites for hydroxylation is 1. The van der Waals surface area contributed by atoms with Gasteiger partial charge >= 0.3 is 0 Å². The lowest BCUT2D eigenvalue weighted by atomic mass is 10.1. The number of amides is 1. The minimum atomic E-state index is -0.135. The minimum Gasteiger partial charge on any atom is -0.497 e. The van der Waals surface area contributed by atoms with Crippen molar-refractivity contribution in [3.05, 3.63) is 83.0 Å². The lowest BCUT2D eigenvalue weighted by molar-refractivity contribution is -0.115. The number of methoxy groups -OCH3 is 2. The number of ether oxygens (including phenoxy) is 2. The summed E-state index contributed by atoms with van der Waals surface area (Å²) >= 11 is 0. The Morgan fingerprint density at radius 2 is 1.84 bits per heavy atom. The zero-order chi connectivity index (χ0) is 22.5. The molecule has 0 spiro atoms. The first-order valence-electron chi connectivity index (χ1n) is 10.3. The third-order valence-electron chi connectivity index (χ3n) is 5.28. The van der Waals surface area contributed by atoms with Crippen molar-refractivity contribution in [2.75, 3.05) is 19.5 Å². The van der Waals surface area contributed by atoms with Crippen LogP contribution in [-0.4, -0.2) is 30.3 Å². The van der Waals surface area contributed by atoms with Crippen LogP contribution in [0.2, 0.25) is 0 Å². The number of nitrogens with one attached hydrogen (secondary N) is 2. The van der Waals surface area contributed by atoms with Crippen molar-refractivity contribution >= 4 is 34.6 Å². The molecule has 0 aliphatic heterocycles. The fourth-order valence-corrected chi connectivity index (χ4v) is 3.58. The van der Waals surface area contributed by atoms with Gasteiger partial charge in [-0.1, -0.05) is 36.4 Å². The maximum absolute atomic E-state index is 12.8. The van der Waals surface area contributed by atoms with Crippen LogP contribution in [0.25, 0.3) is 23.1 Å². The Hall–Kier alpha value is -4.06. The number of hydrogen-bond acceptors (Lipinski definition) is 4. The summed E-state index contributed by atoms with van der Waals surface area (Å²) in [4.78, 5) is 12.8. The predicted molar refractivity (Wildman–Crippen MR) is 128 cm³/mol. The largest absolute Gasteiger partial charge is 0.497 e. The van der Waals surface area contributed by atoms with Crippen LogP contribution in [0, 0.1) is 6.92 Å². The molecule has 0 fully saturated rings. The summed E-state index contributed by atoms with van der Waals surface area (Å²) in [5, 5.41) is 11.5. The molecule has 32 heavy (non-hydrogen) atoms. The molecule has 162 valence electrons. The molecule has 0 aliphatic carbocycles. The number of nitrogens with zero attached hydrogens (tertiary/aromatic N) is 1. The van der Waals surface area contributed by atoms with Crippen LogP contribution in [0.4, 0.5) is 5.69 Å². The molecule has 1 aromatic heterocycles. The third-order valence-corrected chi connectivity index (χ3v) is 5.28. The molecule has 6 heteroatoms. The number of H-pyrrole nitrogens is 1. The third kappa shape index (κ3) is 4.64. The highest BCUT2D eigenvalue weighted by molar-refractivity contribution is 5.98. The van der Waals surface area contributed by atoms with Gasteiger partial charge in [0.25, 0.3) is 0 Å². The quantitative estimate of drug-likeness (QED) is 0.423. The average molecular weight is 428 g/mol. The van der Waals surface area contributed by atoms with Crippen LogP contribution in [-0.2, 0) is 11.2 Å². The Morgan fingerprint density at radius 1 is 1.03 bits per heavy atom. The van der Waals surface area contributed by atoms with Crippen LogP contribution in [0.5, 0.6) is 11.5 Å². The summed E-state index contributed by atoms with van der Waals surface area (Å²) < 4.78 is 10.7. The first-order valence-corrected chi connectivity index (χ1v) is 10.3. The number of aromatic nitrogens is 2. The molecule has 0 saturated carbocycles. The monoisotopic (exact) mass is 427 g/mol. The molecule has 0 unspecified atom stereocenters. The fraction of sp³-hybridized carbons (Fsp3) is 0.154. The summed E-state index contributed by atoms with van der Waals surface area (Å²) in [6, 6.07) is 19.4. The van der Waals surface area contributed by atoms with E-state index < -0.39 is 0 Å². The van der Waals surface area contributed by atoms with Gasteiger partial charge in [-0.3, -0.25) is 9.89 Å². The van der Waals surface area contributed by atoms with Gasteiger partial charge in [0.15, 0.2) is 0 Å². The van der Waals surface area contributed by atoms with Gasteiger partial charge in [0.2, 0.25) is 5.91 Å². The Bertz CT molecular complexity index is 1280. The summed E-state index contributed by atoms with van der Waals surface area (Å²) in [5.74, 6) is 1.19. The first-order chi connectivity index (χ1) is 15.6. The molecule has 4 aromatic rings. The first kappa shape index (κ1) is 21.2. The highest BCUT2D eigenvalue weighted by Gasteiger charge is 2.13. The molecule has 6 nitrogen and oxygen atoms in total. The lowest BCUT2D eigenvalue weighted by Crippen LogP contribution is -2.15. The van der Waals surface area contributed by atoms with E-state index in [9.17, 15) is 4.79 Å². The van der Waals surface area contributed by atoms with Crippen LogP contribution >= 0.6 is 0 Å². The van der Waals surface area contributed by atoms with Crippen molar-refractivity contribution in [1.82, 2.24) is 10.2 Å². The molecule has 1 amide bonds. The van der Waals surface area contributed by atoms with E-state index in [0.29, 0.717) is 11.5 Å². The van der Waals surface area contributed by atoms with E-state index in [2.05, 4.69) is 15.5 Å². The van der Waals surface area contributed by atoms with E-state index in [1.807, 2.05) is 73.7 Å². The van der Waals surface area contributed by atoms with E-state index in [0.717, 1.165) is 39.0 Å². The second kappa shape index (κ2) is 9.39. The SMILES string of the molecule is COc1ccc(OC)c(CC(=O)Nc2cc3c(/C=C/c4ccccc4)n[nH]c3cc2C)c1. The van der Waals surface area contributed by atoms with Gasteiger partial charge in [-0.05, 0) is 54.5 Å². The molecule has 0 radical (unpaired) electrons. The van der Waals surface area contributed by atoms with Gasteiger partial charge in [-0.25, -0.2) is 0 Å². The fourth-order valence-electron chi connectivity index (χ4n) is 3.58. The molecular formula is C26H25N3O3. The zero-order valence-electron chi connectivity index (χ0n) is 18.3. The number of carbonyl (C=O) groups excluding carboxylic acids is 1. The van der Waals surface area contributed by atoms with E-state index >= 15 is 0 Å². The Morgan fingerprint density at radius 3 is 2.59 bits per heavy atom. The minimum absolute atomic E-state index is 0.135. The highest BCUT2D eigenvalue weighted by Crippen LogP contribution is 2.28. The van der Waals surface area contributed by atoms with Gasteiger partial charge in [-0.15, -0.1) is 0 Å². The topological polar surface area (TPSA) is 76.2 Å². The van der Waals surface area contributed by atoms with Gasteiger partial charge < -0.3 is 14.8 Å². The molecule has 4 rings (SSSR count). The molecule has 2 N–H and O–H groups in total. The summed E-state index contributed by atoms with van der Waals surface area (Å²) in [6.45, 7) is 1.96. The van der Waals surface area contributed by atoms with Crippen molar-refractivity contribution in [3.8, 4) is 11.5 Å². The molecule has 0 aliphatic rings. The molecule has 1 heterocycles. The number of rotatable bonds is 7. The molecule has 0 atom stereocenters. The van der Waals surface area contributed by atoms with Crippen molar-refractivity contribution in [2.24, 2.45) is 0 Å². The van der Waals surface area contributed by atoms with E-state index in [1.54, 1.807) is 20.3 Å². The lowest BCUT2D eigenvalue weighted by Gasteiger charge is -2.12. The maximum atomic E-state index is 12.8. The van der Waals surface area contributed by atoms with Gasteiger partial charge in [0.1, 0.15) is 11.5 Å². The number of hydrogen-bond donors (Lipinski definition) is 2. The standard InChI is InChI=1S/C26H25N3O3/c1-17-13-24-21(22(28-29-24)11-9-18-7-5-4-6-8-18)16-23(17)27-26(30)15-19-14-20(31-2)10-12-25(19)32-3/h4-14,16H,15H2,1-3H3,(H,27,30)(H,28,29)/b11-9+. The van der Waals surface area contributed by atoms with Crippen LogP contribution in [0.1, 0.15) is 22.4 Å². The number of anilines is 1. The smallest absolute Gasteiger partial charge is 0.228 e. The molecular weight excluding hydrogens is 402 g/mol. The van der Waals surface area contributed by atoms with Gasteiger partial charge in [-0.2, -0.15) is 5.10 Å². The van der Waals surface area contributed by atoms with Crippen LogP contribution in [0.3, 0.4) is 0 Å². The van der Waals surface area contributed by atoms with Crippen molar-refractivity contribution in [2.45, 2.75) is 13.3 Å². The maximum Gasteiger partial charge on any atom is 0.228 e. The van der Waals surface area contributed by atoms with Crippen LogP contribution in [0.15, 0.2) is 60.7 Å². The number of carbonyl (C=O) groups is 1. The van der Waals surface area contributed by atoms with Crippen LogP contribution < -0.4 is 14.8 Å². The summed E-state index contributed by atoms with van der Waals surface area (Å²) in [6.07, 6.45) is 4.16. The second-order valence-electron chi connectivity index (χ2n) is 7.47. The Balaban J connectivity index is 1.57. The van der Waals surface area contributed by atoms with E-state index in [-0.39, 0.29) is 12.3 Å². The van der Waals surface area contributed by atoms with Gasteiger partial charge in [0.05, 0.1) is 31.9 Å². The number of aromatic amines is 1. The highest BCUT2D eigenvalue weighted by atomic mass is 16.5. The molecule has 0 saturated heterocycles. The normalized spacial score (nSPS) is 11.1. The summed E-state index contributed by atoms with van der Waals surface area (Å²) in [7, 11) is 3.18. The predicted octanol–water partition coefficient (Wildman–Crippen LogP) is 5.24. The molecule has 3 aromatic carbocycles. The number of fused-ring (bicyclic) bond motifs is 1. The van der Waals surface area contributed by atoms with Gasteiger partial charge in [0, 0.05) is 16.6 Å². The van der Waals surface area contributed by atoms with E-state index in [1.165, 1.54) is 0 Å². The van der Waals surface area contributed by atoms with Crippen molar-refractivity contribution in [1.29, 1.82) is 0 Å².